The normalized spacial score (nSPS) is 19.6. The minimum atomic E-state index is -0.149. The summed E-state index contributed by atoms with van der Waals surface area (Å²) in [6.07, 6.45) is 6.41. The van der Waals surface area contributed by atoms with Gasteiger partial charge in [-0.05, 0) is 43.4 Å². The van der Waals surface area contributed by atoms with Crippen LogP contribution < -0.4 is 10.2 Å². The van der Waals surface area contributed by atoms with Gasteiger partial charge in [0.25, 0.3) is 0 Å². The summed E-state index contributed by atoms with van der Waals surface area (Å²) in [5.74, 6) is -0.149. The van der Waals surface area contributed by atoms with E-state index < -0.39 is 0 Å². The molecule has 1 aromatic carbocycles. The van der Waals surface area contributed by atoms with Crippen LogP contribution in [-0.2, 0) is 17.7 Å². The number of thiazole rings is 1. The lowest BCUT2D eigenvalue weighted by molar-refractivity contribution is 0.122. The van der Waals surface area contributed by atoms with E-state index in [1.54, 1.807) is 23.5 Å². The summed E-state index contributed by atoms with van der Waals surface area (Å²) in [4.78, 5) is 8.13. The number of hydrogen-bond acceptors (Lipinski definition) is 5. The van der Waals surface area contributed by atoms with Gasteiger partial charge >= 0.3 is 0 Å². The highest BCUT2D eigenvalue weighted by Gasteiger charge is 2.36. The molecule has 1 aromatic heterocycles. The Morgan fingerprint density at radius 2 is 2.12 bits per heavy atom. The van der Waals surface area contributed by atoms with Crippen molar-refractivity contribution in [2.45, 2.75) is 37.8 Å². The maximum atomic E-state index is 13.5. The zero-order valence-electron chi connectivity index (χ0n) is 14.3. The van der Waals surface area contributed by atoms with Crippen LogP contribution in [0, 0.1) is 5.82 Å². The molecule has 2 heterocycles. The van der Waals surface area contributed by atoms with Crippen molar-refractivity contribution in [3.05, 3.63) is 46.7 Å². The van der Waals surface area contributed by atoms with Crippen LogP contribution in [0.5, 0.6) is 0 Å². The fourth-order valence-corrected chi connectivity index (χ4v) is 4.51. The van der Waals surface area contributed by atoms with E-state index in [4.69, 9.17) is 4.74 Å². The SMILES string of the molecule is Fc1cccc(CC2(NCc3cnc(N4CCOCC4)s3)CCC2)c1. The van der Waals surface area contributed by atoms with Crippen molar-refractivity contribution in [3.63, 3.8) is 0 Å². The zero-order valence-corrected chi connectivity index (χ0v) is 15.2. The van der Waals surface area contributed by atoms with E-state index >= 15 is 0 Å². The standard InChI is InChI=1S/C19H24FN3OS/c20-16-4-1-3-15(11-16)12-19(5-2-6-19)22-14-17-13-21-18(25-17)23-7-9-24-10-8-23/h1,3-4,11,13,22H,2,5-10,12,14H2. The molecule has 25 heavy (non-hydrogen) atoms. The van der Waals surface area contributed by atoms with Crippen molar-refractivity contribution >= 4 is 16.5 Å². The molecule has 0 atom stereocenters. The summed E-state index contributed by atoms with van der Waals surface area (Å²) in [6, 6.07) is 6.99. The fourth-order valence-electron chi connectivity index (χ4n) is 3.61. The van der Waals surface area contributed by atoms with Crippen LogP contribution in [0.1, 0.15) is 29.7 Å². The molecule has 0 bridgehead atoms. The van der Waals surface area contributed by atoms with Gasteiger partial charge in [0.2, 0.25) is 0 Å². The van der Waals surface area contributed by atoms with Crippen molar-refractivity contribution in [1.82, 2.24) is 10.3 Å². The number of ether oxygens (including phenoxy) is 1. The molecule has 1 saturated carbocycles. The largest absolute Gasteiger partial charge is 0.378 e. The monoisotopic (exact) mass is 361 g/mol. The van der Waals surface area contributed by atoms with Gasteiger partial charge in [-0.1, -0.05) is 12.1 Å². The molecule has 134 valence electrons. The summed E-state index contributed by atoms with van der Waals surface area (Å²) in [5, 5.41) is 4.83. The predicted molar refractivity (Wildman–Crippen MR) is 98.7 cm³/mol. The smallest absolute Gasteiger partial charge is 0.185 e. The van der Waals surface area contributed by atoms with Crippen LogP contribution >= 0.6 is 11.3 Å². The minimum absolute atomic E-state index is 0.108. The number of aromatic nitrogens is 1. The molecule has 4 nitrogen and oxygen atoms in total. The zero-order chi connectivity index (χ0) is 17.1. The summed E-state index contributed by atoms with van der Waals surface area (Å²) in [6.45, 7) is 4.24. The van der Waals surface area contributed by atoms with Crippen LogP contribution in [0.15, 0.2) is 30.5 Å². The summed E-state index contributed by atoms with van der Waals surface area (Å²) < 4.78 is 18.9. The first-order valence-corrected chi connectivity index (χ1v) is 9.81. The molecule has 2 aliphatic rings. The summed E-state index contributed by atoms with van der Waals surface area (Å²) >= 11 is 1.76. The topological polar surface area (TPSA) is 37.4 Å². The molecule has 2 aromatic rings. The molecule has 1 saturated heterocycles. The van der Waals surface area contributed by atoms with Gasteiger partial charge in [-0.25, -0.2) is 9.37 Å². The Balaban J connectivity index is 1.37. The Labute approximate surface area is 152 Å². The van der Waals surface area contributed by atoms with Gasteiger partial charge in [-0.3, -0.25) is 0 Å². The average Bonchev–Trinajstić information content (AvgIpc) is 3.07. The van der Waals surface area contributed by atoms with Crippen LogP contribution in [0.2, 0.25) is 0 Å². The number of anilines is 1. The molecule has 6 heteroatoms. The lowest BCUT2D eigenvalue weighted by Crippen LogP contribution is -2.52. The van der Waals surface area contributed by atoms with Crippen LogP contribution in [0.25, 0.3) is 0 Å². The third kappa shape index (κ3) is 4.02. The third-order valence-electron chi connectivity index (χ3n) is 5.20. The highest BCUT2D eigenvalue weighted by atomic mass is 32.1. The van der Waals surface area contributed by atoms with Crippen LogP contribution in [0.3, 0.4) is 0 Å². The average molecular weight is 361 g/mol. The Hall–Kier alpha value is -1.50. The Morgan fingerprint density at radius 1 is 1.28 bits per heavy atom. The molecule has 0 unspecified atom stereocenters. The first kappa shape index (κ1) is 16.9. The van der Waals surface area contributed by atoms with Gasteiger partial charge in [0.1, 0.15) is 5.82 Å². The highest BCUT2D eigenvalue weighted by molar-refractivity contribution is 7.15. The number of nitrogens with zero attached hydrogens (tertiary/aromatic N) is 2. The van der Waals surface area contributed by atoms with Crippen molar-refractivity contribution < 1.29 is 9.13 Å². The fraction of sp³-hybridized carbons (Fsp3) is 0.526. The second-order valence-electron chi connectivity index (χ2n) is 7.00. The molecule has 1 aliphatic heterocycles. The van der Waals surface area contributed by atoms with Crippen molar-refractivity contribution in [3.8, 4) is 0 Å². The highest BCUT2D eigenvalue weighted by Crippen LogP contribution is 2.36. The van der Waals surface area contributed by atoms with E-state index in [0.717, 1.165) is 62.8 Å². The Bertz CT molecular complexity index is 710. The molecular weight excluding hydrogens is 337 g/mol. The van der Waals surface area contributed by atoms with E-state index in [-0.39, 0.29) is 11.4 Å². The van der Waals surface area contributed by atoms with Crippen LogP contribution in [-0.4, -0.2) is 36.8 Å². The predicted octanol–water partition coefficient (Wildman–Crippen LogP) is 3.37. The van der Waals surface area contributed by atoms with Gasteiger partial charge in [0, 0.05) is 36.2 Å². The lowest BCUT2D eigenvalue weighted by Gasteiger charge is -2.43. The third-order valence-corrected chi connectivity index (χ3v) is 6.26. The second-order valence-corrected chi connectivity index (χ2v) is 8.10. The maximum absolute atomic E-state index is 13.5. The molecule has 2 fully saturated rings. The lowest BCUT2D eigenvalue weighted by atomic mass is 9.72. The molecule has 0 radical (unpaired) electrons. The van der Waals surface area contributed by atoms with E-state index in [1.807, 2.05) is 12.3 Å². The number of morpholine rings is 1. The minimum Gasteiger partial charge on any atom is -0.378 e. The van der Waals surface area contributed by atoms with Crippen molar-refractivity contribution in [1.29, 1.82) is 0 Å². The number of rotatable bonds is 6. The second kappa shape index (κ2) is 7.40. The summed E-state index contributed by atoms with van der Waals surface area (Å²) in [7, 11) is 0. The molecule has 0 spiro atoms. The molecule has 1 aliphatic carbocycles. The maximum Gasteiger partial charge on any atom is 0.185 e. The van der Waals surface area contributed by atoms with Crippen molar-refractivity contribution in [2.24, 2.45) is 0 Å². The first-order valence-electron chi connectivity index (χ1n) is 8.99. The van der Waals surface area contributed by atoms with Gasteiger partial charge in [-0.2, -0.15) is 0 Å². The summed E-state index contributed by atoms with van der Waals surface area (Å²) in [5.41, 5.74) is 1.18. The van der Waals surface area contributed by atoms with Crippen LogP contribution in [0.4, 0.5) is 9.52 Å². The number of hydrogen-bond donors (Lipinski definition) is 1. The van der Waals surface area contributed by atoms with Crippen molar-refractivity contribution in [2.75, 3.05) is 31.2 Å². The van der Waals surface area contributed by atoms with E-state index in [0.29, 0.717) is 0 Å². The van der Waals surface area contributed by atoms with E-state index in [9.17, 15) is 4.39 Å². The van der Waals surface area contributed by atoms with Gasteiger partial charge in [-0.15, -0.1) is 11.3 Å². The molecule has 1 N–H and O–H groups in total. The Morgan fingerprint density at radius 3 is 2.84 bits per heavy atom. The Kier molecular flexibility index (Phi) is 5.01. The van der Waals surface area contributed by atoms with Gasteiger partial charge in [0.05, 0.1) is 13.2 Å². The molecule has 4 rings (SSSR count). The molecule has 0 amide bonds. The van der Waals surface area contributed by atoms with E-state index in [1.165, 1.54) is 17.4 Å². The molecular formula is C19H24FN3OS. The first-order chi connectivity index (χ1) is 12.2. The number of benzene rings is 1. The quantitative estimate of drug-likeness (QED) is 0.856. The number of nitrogens with one attached hydrogen (secondary N) is 1. The number of halogens is 1. The van der Waals surface area contributed by atoms with Gasteiger partial charge < -0.3 is 15.0 Å². The van der Waals surface area contributed by atoms with Gasteiger partial charge in [0.15, 0.2) is 5.13 Å². The van der Waals surface area contributed by atoms with E-state index in [2.05, 4.69) is 15.2 Å².